The number of carbonyl (C=O) groups excluding carboxylic acids is 1. The number of rotatable bonds is 4. The average molecular weight is 277 g/mol. The molecule has 6 heteroatoms. The van der Waals surface area contributed by atoms with Gasteiger partial charge in [-0.2, -0.15) is 0 Å². The third kappa shape index (κ3) is 4.24. The van der Waals surface area contributed by atoms with Crippen molar-refractivity contribution in [3.8, 4) is 0 Å². The predicted molar refractivity (Wildman–Crippen MR) is 75.7 cm³/mol. The Morgan fingerprint density at radius 1 is 1.35 bits per heavy atom. The van der Waals surface area contributed by atoms with Crippen LogP contribution >= 0.6 is 0 Å². The molecule has 1 aromatic rings. The smallest absolute Gasteiger partial charge is 0.321 e. The molecule has 0 saturated carbocycles. The van der Waals surface area contributed by atoms with E-state index in [1.807, 2.05) is 30.3 Å². The zero-order chi connectivity index (χ0) is 14.4. The molecule has 0 aliphatic carbocycles. The van der Waals surface area contributed by atoms with Crippen molar-refractivity contribution in [2.45, 2.75) is 18.9 Å². The number of carboxylic acids is 1. The first-order chi connectivity index (χ1) is 9.65. The minimum absolute atomic E-state index is 0.0429. The topological polar surface area (TPSA) is 81.7 Å². The van der Waals surface area contributed by atoms with Gasteiger partial charge in [0.2, 0.25) is 0 Å². The van der Waals surface area contributed by atoms with Crippen molar-refractivity contribution in [1.29, 1.82) is 0 Å². The van der Waals surface area contributed by atoms with Crippen molar-refractivity contribution < 1.29 is 14.7 Å². The van der Waals surface area contributed by atoms with Gasteiger partial charge >= 0.3 is 12.0 Å². The second-order valence-electron chi connectivity index (χ2n) is 4.83. The van der Waals surface area contributed by atoms with Gasteiger partial charge in [-0.3, -0.25) is 4.79 Å². The molecule has 3 N–H and O–H groups in total. The summed E-state index contributed by atoms with van der Waals surface area (Å²) in [4.78, 5) is 24.4. The van der Waals surface area contributed by atoms with E-state index in [0.717, 1.165) is 5.69 Å². The van der Waals surface area contributed by atoms with E-state index < -0.39 is 5.97 Å². The first kappa shape index (κ1) is 14.3. The Kier molecular flexibility index (Phi) is 4.95. The van der Waals surface area contributed by atoms with Gasteiger partial charge in [-0.15, -0.1) is 0 Å². The molecule has 6 nitrogen and oxygen atoms in total. The van der Waals surface area contributed by atoms with Crippen molar-refractivity contribution in [2.75, 3.05) is 25.0 Å². The van der Waals surface area contributed by atoms with Crippen LogP contribution in [0.25, 0.3) is 0 Å². The summed E-state index contributed by atoms with van der Waals surface area (Å²) in [6.07, 6.45) is 0.649. The Morgan fingerprint density at radius 2 is 2.10 bits per heavy atom. The molecule has 0 aromatic heterocycles. The summed E-state index contributed by atoms with van der Waals surface area (Å²) >= 11 is 0. The standard InChI is InChI=1S/C14H19N3O3/c18-13(19)7-6-12-10-17(9-8-15-12)14(20)16-11-4-2-1-3-5-11/h1-5,12,15H,6-10H2,(H,16,20)(H,18,19). The van der Waals surface area contributed by atoms with Gasteiger partial charge in [0.1, 0.15) is 0 Å². The Labute approximate surface area is 117 Å². The van der Waals surface area contributed by atoms with Crippen LogP contribution in [0.5, 0.6) is 0 Å². The number of hydrogen-bond donors (Lipinski definition) is 3. The molecular weight excluding hydrogens is 258 g/mol. The quantitative estimate of drug-likeness (QED) is 0.776. The van der Waals surface area contributed by atoms with Crippen LogP contribution in [0.4, 0.5) is 10.5 Å². The average Bonchev–Trinajstić information content (AvgIpc) is 2.46. The largest absolute Gasteiger partial charge is 0.481 e. The maximum Gasteiger partial charge on any atom is 0.321 e. The van der Waals surface area contributed by atoms with Gasteiger partial charge in [-0.1, -0.05) is 18.2 Å². The third-order valence-corrected chi connectivity index (χ3v) is 3.27. The molecule has 0 spiro atoms. The lowest BCUT2D eigenvalue weighted by atomic mass is 10.1. The maximum atomic E-state index is 12.1. The van der Waals surface area contributed by atoms with Crippen LogP contribution in [0.2, 0.25) is 0 Å². The molecule has 2 amide bonds. The zero-order valence-corrected chi connectivity index (χ0v) is 11.2. The predicted octanol–water partition coefficient (Wildman–Crippen LogP) is 1.36. The molecule has 1 aliphatic heterocycles. The first-order valence-corrected chi connectivity index (χ1v) is 6.71. The van der Waals surface area contributed by atoms with Gasteiger partial charge in [-0.05, 0) is 18.6 Å². The number of anilines is 1. The van der Waals surface area contributed by atoms with Gasteiger partial charge in [0.25, 0.3) is 0 Å². The van der Waals surface area contributed by atoms with Gasteiger partial charge in [0.15, 0.2) is 0 Å². The number of piperazine rings is 1. The Bertz CT molecular complexity index is 464. The summed E-state index contributed by atoms with van der Waals surface area (Å²) in [6.45, 7) is 1.85. The summed E-state index contributed by atoms with van der Waals surface area (Å²) in [5, 5.41) is 14.8. The summed E-state index contributed by atoms with van der Waals surface area (Å²) in [5.74, 6) is -0.808. The van der Waals surface area contributed by atoms with E-state index in [1.165, 1.54) is 0 Å². The number of hydrogen-bond acceptors (Lipinski definition) is 3. The minimum Gasteiger partial charge on any atom is -0.481 e. The second kappa shape index (κ2) is 6.91. The lowest BCUT2D eigenvalue weighted by Crippen LogP contribution is -2.53. The highest BCUT2D eigenvalue weighted by Gasteiger charge is 2.23. The number of carbonyl (C=O) groups is 2. The number of nitrogens with one attached hydrogen (secondary N) is 2. The molecule has 1 aromatic carbocycles. The molecular formula is C14H19N3O3. The van der Waals surface area contributed by atoms with E-state index in [0.29, 0.717) is 26.1 Å². The van der Waals surface area contributed by atoms with E-state index in [4.69, 9.17) is 5.11 Å². The van der Waals surface area contributed by atoms with Crippen LogP contribution in [-0.4, -0.2) is 47.7 Å². The van der Waals surface area contributed by atoms with Crippen LogP contribution in [-0.2, 0) is 4.79 Å². The number of nitrogens with zero attached hydrogens (tertiary/aromatic N) is 1. The van der Waals surface area contributed by atoms with E-state index in [2.05, 4.69) is 10.6 Å². The summed E-state index contributed by atoms with van der Waals surface area (Å²) in [6, 6.07) is 9.19. The normalized spacial score (nSPS) is 18.6. The van der Waals surface area contributed by atoms with Crippen molar-refractivity contribution in [3.05, 3.63) is 30.3 Å². The van der Waals surface area contributed by atoms with Gasteiger partial charge in [0, 0.05) is 37.8 Å². The number of benzene rings is 1. The minimum atomic E-state index is -0.808. The first-order valence-electron chi connectivity index (χ1n) is 6.71. The molecule has 0 bridgehead atoms. The molecule has 1 aliphatic rings. The van der Waals surface area contributed by atoms with Gasteiger partial charge in [-0.25, -0.2) is 4.79 Å². The fraction of sp³-hybridized carbons (Fsp3) is 0.429. The summed E-state index contributed by atoms with van der Waals surface area (Å²) in [7, 11) is 0. The maximum absolute atomic E-state index is 12.1. The third-order valence-electron chi connectivity index (χ3n) is 3.27. The Balaban J connectivity index is 1.85. The highest BCUT2D eigenvalue weighted by atomic mass is 16.4. The van der Waals surface area contributed by atoms with Crippen LogP contribution in [0, 0.1) is 0 Å². The Hall–Kier alpha value is -2.08. The molecule has 2 rings (SSSR count). The zero-order valence-electron chi connectivity index (χ0n) is 11.2. The van der Waals surface area contributed by atoms with Crippen LogP contribution < -0.4 is 10.6 Å². The van der Waals surface area contributed by atoms with Crippen molar-refractivity contribution >= 4 is 17.7 Å². The molecule has 1 unspecified atom stereocenters. The van der Waals surface area contributed by atoms with Crippen LogP contribution in [0.3, 0.4) is 0 Å². The molecule has 1 saturated heterocycles. The van der Waals surface area contributed by atoms with Crippen molar-refractivity contribution in [2.24, 2.45) is 0 Å². The van der Waals surface area contributed by atoms with E-state index >= 15 is 0 Å². The number of aliphatic carboxylic acids is 1. The fourth-order valence-corrected chi connectivity index (χ4v) is 2.23. The number of para-hydroxylation sites is 1. The van der Waals surface area contributed by atoms with Crippen LogP contribution in [0.1, 0.15) is 12.8 Å². The van der Waals surface area contributed by atoms with E-state index in [1.54, 1.807) is 4.90 Å². The molecule has 1 fully saturated rings. The molecule has 1 heterocycles. The molecule has 108 valence electrons. The summed E-state index contributed by atoms with van der Waals surface area (Å²) < 4.78 is 0. The lowest BCUT2D eigenvalue weighted by Gasteiger charge is -2.33. The van der Waals surface area contributed by atoms with Gasteiger partial charge in [0.05, 0.1) is 0 Å². The SMILES string of the molecule is O=C(O)CCC1CN(C(=O)Nc2ccccc2)CCN1. The highest BCUT2D eigenvalue weighted by Crippen LogP contribution is 2.10. The molecule has 1 atom stereocenters. The fourth-order valence-electron chi connectivity index (χ4n) is 2.23. The van der Waals surface area contributed by atoms with Crippen molar-refractivity contribution in [3.63, 3.8) is 0 Å². The van der Waals surface area contributed by atoms with E-state index in [-0.39, 0.29) is 18.5 Å². The van der Waals surface area contributed by atoms with E-state index in [9.17, 15) is 9.59 Å². The number of urea groups is 1. The monoisotopic (exact) mass is 277 g/mol. The number of carboxylic acid groups (broad SMARTS) is 1. The van der Waals surface area contributed by atoms with Gasteiger partial charge < -0.3 is 20.6 Å². The van der Waals surface area contributed by atoms with Crippen molar-refractivity contribution in [1.82, 2.24) is 10.2 Å². The van der Waals surface area contributed by atoms with Crippen LogP contribution in [0.15, 0.2) is 30.3 Å². The summed E-state index contributed by atoms with van der Waals surface area (Å²) in [5.41, 5.74) is 0.762. The number of amides is 2. The molecule has 20 heavy (non-hydrogen) atoms. The lowest BCUT2D eigenvalue weighted by molar-refractivity contribution is -0.137. The molecule has 0 radical (unpaired) electrons. The Morgan fingerprint density at radius 3 is 2.80 bits per heavy atom. The second-order valence-corrected chi connectivity index (χ2v) is 4.83. The highest BCUT2D eigenvalue weighted by molar-refractivity contribution is 5.89.